The largest absolute Gasteiger partial charge is 0.478 e. The van der Waals surface area contributed by atoms with Crippen LogP contribution in [0.5, 0.6) is 0 Å². The Morgan fingerprint density at radius 3 is 3.00 bits per heavy atom. The number of carboxylic acid groups (broad SMARTS) is 1. The van der Waals surface area contributed by atoms with Crippen LogP contribution in [-0.4, -0.2) is 24.7 Å². The molecule has 14 heavy (non-hydrogen) atoms. The van der Waals surface area contributed by atoms with Crippen molar-refractivity contribution in [2.45, 2.75) is 12.8 Å². The van der Waals surface area contributed by atoms with Crippen LogP contribution in [0.2, 0.25) is 0 Å². The molecule has 0 bridgehead atoms. The van der Waals surface area contributed by atoms with E-state index in [-0.39, 0.29) is 0 Å². The van der Waals surface area contributed by atoms with Crippen molar-refractivity contribution >= 4 is 11.7 Å². The Hall–Kier alpha value is -1.51. The van der Waals surface area contributed by atoms with Gasteiger partial charge in [0.25, 0.3) is 0 Å². The van der Waals surface area contributed by atoms with E-state index in [9.17, 15) is 4.79 Å². The highest BCUT2D eigenvalue weighted by Crippen LogP contribution is 2.26. The van der Waals surface area contributed by atoms with Crippen LogP contribution in [0.15, 0.2) is 18.2 Å². The van der Waals surface area contributed by atoms with Crippen molar-refractivity contribution in [2.75, 3.05) is 18.5 Å². The Morgan fingerprint density at radius 1 is 1.50 bits per heavy atom. The molecular weight excluding hydrogens is 178 g/mol. The molecule has 0 amide bonds. The second-order valence-electron chi connectivity index (χ2n) is 3.67. The van der Waals surface area contributed by atoms with Gasteiger partial charge in [0, 0.05) is 19.3 Å². The Bertz CT molecular complexity index is 374. The minimum Gasteiger partial charge on any atom is -0.478 e. The van der Waals surface area contributed by atoms with Crippen molar-refractivity contribution < 1.29 is 9.90 Å². The van der Waals surface area contributed by atoms with Crippen molar-refractivity contribution in [3.8, 4) is 0 Å². The van der Waals surface area contributed by atoms with E-state index in [4.69, 9.17) is 5.11 Å². The third kappa shape index (κ3) is 1.45. The summed E-state index contributed by atoms with van der Waals surface area (Å²) >= 11 is 0. The molecule has 2 rings (SSSR count). The third-order valence-corrected chi connectivity index (χ3v) is 2.68. The maximum Gasteiger partial charge on any atom is 0.335 e. The molecule has 0 unspecified atom stereocenters. The van der Waals surface area contributed by atoms with Crippen LogP contribution in [0.4, 0.5) is 5.69 Å². The van der Waals surface area contributed by atoms with Crippen molar-refractivity contribution in [1.82, 2.24) is 0 Å². The predicted octanol–water partition coefficient (Wildman–Crippen LogP) is 1.77. The summed E-state index contributed by atoms with van der Waals surface area (Å²) in [7, 11) is 2.00. The van der Waals surface area contributed by atoms with Crippen LogP contribution in [0.3, 0.4) is 0 Å². The number of nitrogens with zero attached hydrogens (tertiary/aromatic N) is 1. The summed E-state index contributed by atoms with van der Waals surface area (Å²) in [6.07, 6.45) is 2.20. The van der Waals surface area contributed by atoms with Gasteiger partial charge in [0.1, 0.15) is 0 Å². The number of hydrogen-bond donors (Lipinski definition) is 1. The standard InChI is InChI=1S/C11H13NO2/c1-12-6-2-3-8-4-5-9(11(13)14)7-10(8)12/h4-5,7H,2-3,6H2,1H3,(H,13,14). The number of carbonyl (C=O) groups is 1. The quantitative estimate of drug-likeness (QED) is 0.735. The molecule has 1 aliphatic rings. The highest BCUT2D eigenvalue weighted by atomic mass is 16.4. The van der Waals surface area contributed by atoms with E-state index in [1.165, 1.54) is 5.56 Å². The molecule has 0 aliphatic carbocycles. The molecule has 1 aliphatic heterocycles. The summed E-state index contributed by atoms with van der Waals surface area (Å²) in [5, 5.41) is 8.85. The van der Waals surface area contributed by atoms with Crippen LogP contribution < -0.4 is 4.90 Å². The second-order valence-corrected chi connectivity index (χ2v) is 3.67. The fourth-order valence-corrected chi connectivity index (χ4v) is 1.89. The topological polar surface area (TPSA) is 40.5 Å². The van der Waals surface area contributed by atoms with Crippen molar-refractivity contribution in [3.05, 3.63) is 29.3 Å². The average molecular weight is 191 g/mol. The summed E-state index contributed by atoms with van der Waals surface area (Å²) in [5.41, 5.74) is 2.69. The summed E-state index contributed by atoms with van der Waals surface area (Å²) in [4.78, 5) is 12.9. The highest BCUT2D eigenvalue weighted by molar-refractivity contribution is 5.89. The number of aryl methyl sites for hydroxylation is 1. The van der Waals surface area contributed by atoms with Crippen LogP contribution in [0.25, 0.3) is 0 Å². The number of anilines is 1. The summed E-state index contributed by atoms with van der Waals surface area (Å²) in [6, 6.07) is 5.37. The van der Waals surface area contributed by atoms with E-state index >= 15 is 0 Å². The number of carboxylic acids is 1. The van der Waals surface area contributed by atoms with Gasteiger partial charge in [-0.05, 0) is 30.5 Å². The predicted molar refractivity (Wildman–Crippen MR) is 55.0 cm³/mol. The van der Waals surface area contributed by atoms with E-state index in [1.54, 1.807) is 12.1 Å². The number of fused-ring (bicyclic) bond motifs is 1. The lowest BCUT2D eigenvalue weighted by atomic mass is 10.00. The number of hydrogen-bond acceptors (Lipinski definition) is 2. The molecule has 0 saturated carbocycles. The zero-order chi connectivity index (χ0) is 10.1. The molecule has 0 radical (unpaired) electrons. The van der Waals surface area contributed by atoms with Gasteiger partial charge in [-0.1, -0.05) is 6.07 Å². The van der Waals surface area contributed by atoms with Gasteiger partial charge in [-0.2, -0.15) is 0 Å². The molecule has 1 heterocycles. The lowest BCUT2D eigenvalue weighted by molar-refractivity contribution is 0.0697. The molecule has 1 aromatic rings. The van der Waals surface area contributed by atoms with Gasteiger partial charge in [-0.15, -0.1) is 0 Å². The van der Waals surface area contributed by atoms with Gasteiger partial charge in [0.15, 0.2) is 0 Å². The molecule has 3 heteroatoms. The molecule has 3 nitrogen and oxygen atoms in total. The van der Waals surface area contributed by atoms with E-state index in [0.717, 1.165) is 25.1 Å². The Labute approximate surface area is 83.0 Å². The van der Waals surface area contributed by atoms with Crippen LogP contribution in [0.1, 0.15) is 22.3 Å². The molecular formula is C11H13NO2. The van der Waals surface area contributed by atoms with Crippen LogP contribution >= 0.6 is 0 Å². The van der Waals surface area contributed by atoms with Gasteiger partial charge < -0.3 is 10.0 Å². The summed E-state index contributed by atoms with van der Waals surface area (Å²) < 4.78 is 0. The van der Waals surface area contributed by atoms with E-state index in [2.05, 4.69) is 4.90 Å². The first-order valence-corrected chi connectivity index (χ1v) is 4.76. The highest BCUT2D eigenvalue weighted by Gasteiger charge is 2.15. The molecule has 1 aromatic carbocycles. The number of aromatic carboxylic acids is 1. The summed E-state index contributed by atoms with van der Waals surface area (Å²) in [6.45, 7) is 1.01. The van der Waals surface area contributed by atoms with Gasteiger partial charge in [-0.3, -0.25) is 0 Å². The van der Waals surface area contributed by atoms with Crippen LogP contribution in [0, 0.1) is 0 Å². The van der Waals surface area contributed by atoms with E-state index in [0.29, 0.717) is 5.56 Å². The van der Waals surface area contributed by atoms with Crippen molar-refractivity contribution in [1.29, 1.82) is 0 Å². The fourth-order valence-electron chi connectivity index (χ4n) is 1.89. The lowest BCUT2D eigenvalue weighted by Crippen LogP contribution is -2.24. The Balaban J connectivity index is 2.45. The minimum atomic E-state index is -0.855. The van der Waals surface area contributed by atoms with Crippen molar-refractivity contribution in [2.24, 2.45) is 0 Å². The first kappa shape index (κ1) is 9.06. The number of benzene rings is 1. The maximum absolute atomic E-state index is 10.8. The first-order valence-electron chi connectivity index (χ1n) is 4.76. The smallest absolute Gasteiger partial charge is 0.335 e. The van der Waals surface area contributed by atoms with Gasteiger partial charge in [0.2, 0.25) is 0 Å². The minimum absolute atomic E-state index is 0.373. The second kappa shape index (κ2) is 3.33. The molecule has 1 N–H and O–H groups in total. The SMILES string of the molecule is CN1CCCc2ccc(C(=O)O)cc21. The molecule has 0 saturated heterocycles. The monoisotopic (exact) mass is 191 g/mol. The summed E-state index contributed by atoms with van der Waals surface area (Å²) in [5.74, 6) is -0.855. The number of rotatable bonds is 1. The maximum atomic E-state index is 10.8. The Morgan fingerprint density at radius 2 is 2.29 bits per heavy atom. The normalized spacial score (nSPS) is 15.1. The van der Waals surface area contributed by atoms with E-state index in [1.807, 2.05) is 13.1 Å². The Kier molecular flexibility index (Phi) is 2.15. The lowest BCUT2D eigenvalue weighted by Gasteiger charge is -2.27. The molecule has 0 atom stereocenters. The van der Waals surface area contributed by atoms with Crippen LogP contribution in [-0.2, 0) is 6.42 Å². The van der Waals surface area contributed by atoms with Gasteiger partial charge in [0.05, 0.1) is 5.56 Å². The van der Waals surface area contributed by atoms with Gasteiger partial charge in [-0.25, -0.2) is 4.79 Å². The van der Waals surface area contributed by atoms with Gasteiger partial charge >= 0.3 is 5.97 Å². The van der Waals surface area contributed by atoms with E-state index < -0.39 is 5.97 Å². The zero-order valence-electron chi connectivity index (χ0n) is 8.16. The molecule has 0 aromatic heterocycles. The van der Waals surface area contributed by atoms with Crippen molar-refractivity contribution in [3.63, 3.8) is 0 Å². The third-order valence-electron chi connectivity index (χ3n) is 2.68. The first-order chi connectivity index (χ1) is 6.68. The molecule has 74 valence electrons. The molecule has 0 fully saturated rings. The average Bonchev–Trinajstić information content (AvgIpc) is 2.18. The fraction of sp³-hybridized carbons (Fsp3) is 0.364. The zero-order valence-corrected chi connectivity index (χ0v) is 8.16. The molecule has 0 spiro atoms.